The van der Waals surface area contributed by atoms with Crippen molar-refractivity contribution >= 4 is 5.97 Å². The number of esters is 1. The maximum Gasteiger partial charge on any atom is 0.337 e. The number of phenols is 1. The number of fused-ring (bicyclic) bond motifs is 3. The Balaban J connectivity index is 2.09. The molecule has 1 aliphatic rings. The Kier molecular flexibility index (Phi) is 2.33. The van der Waals surface area contributed by atoms with Crippen molar-refractivity contribution in [1.82, 2.24) is 0 Å². The molecule has 3 heteroatoms. The Morgan fingerprint density at radius 3 is 2.50 bits per heavy atom. The molecule has 0 aliphatic heterocycles. The lowest BCUT2D eigenvalue weighted by atomic mass is 10.0. The molecule has 2 aromatic rings. The van der Waals surface area contributed by atoms with Gasteiger partial charge in [0.25, 0.3) is 0 Å². The molecule has 1 aliphatic carbocycles. The molecule has 0 amide bonds. The molecular weight excluding hydrogens is 228 g/mol. The maximum atomic E-state index is 11.5. The lowest BCUT2D eigenvalue weighted by molar-refractivity contribution is 0.0600. The zero-order valence-electron chi connectivity index (χ0n) is 9.93. The van der Waals surface area contributed by atoms with Gasteiger partial charge in [-0.3, -0.25) is 0 Å². The van der Waals surface area contributed by atoms with Crippen LogP contribution in [0, 0.1) is 0 Å². The Morgan fingerprint density at radius 1 is 1.11 bits per heavy atom. The van der Waals surface area contributed by atoms with Gasteiger partial charge in [0.2, 0.25) is 0 Å². The van der Waals surface area contributed by atoms with Crippen LogP contribution in [0.2, 0.25) is 0 Å². The molecule has 3 nitrogen and oxygen atoms in total. The fourth-order valence-electron chi connectivity index (χ4n) is 2.44. The second-order valence-corrected chi connectivity index (χ2v) is 4.38. The highest BCUT2D eigenvalue weighted by molar-refractivity contribution is 5.91. The summed E-state index contributed by atoms with van der Waals surface area (Å²) in [5.74, 6) is -0.0497. The van der Waals surface area contributed by atoms with Gasteiger partial charge in [0.15, 0.2) is 0 Å². The number of ether oxygens (including phenoxy) is 1. The van der Waals surface area contributed by atoms with Crippen LogP contribution in [0.4, 0.5) is 0 Å². The average Bonchev–Trinajstić information content (AvgIpc) is 2.73. The van der Waals surface area contributed by atoms with Gasteiger partial charge in [-0.2, -0.15) is 0 Å². The van der Waals surface area contributed by atoms with Crippen LogP contribution in [0.5, 0.6) is 5.75 Å². The Bertz CT molecular complexity index is 644. The molecule has 2 aromatic carbocycles. The van der Waals surface area contributed by atoms with Crippen LogP contribution in [0.3, 0.4) is 0 Å². The number of hydrogen-bond acceptors (Lipinski definition) is 3. The van der Waals surface area contributed by atoms with E-state index in [2.05, 4.69) is 0 Å². The normalized spacial score (nSPS) is 11.8. The van der Waals surface area contributed by atoms with E-state index in [9.17, 15) is 9.90 Å². The van der Waals surface area contributed by atoms with E-state index in [4.69, 9.17) is 4.74 Å². The standard InChI is InChI=1S/C15H12O3/c1-18-15(17)9-2-4-13-10(6-9)7-11-8-12(16)3-5-14(11)13/h2-6,8,16H,7H2,1H3. The summed E-state index contributed by atoms with van der Waals surface area (Å²) >= 11 is 0. The number of methoxy groups -OCH3 is 1. The van der Waals surface area contributed by atoms with Crippen LogP contribution in [-0.4, -0.2) is 18.2 Å². The summed E-state index contributed by atoms with van der Waals surface area (Å²) in [5, 5.41) is 9.48. The second kappa shape index (κ2) is 3.88. The minimum Gasteiger partial charge on any atom is -0.508 e. The molecule has 0 radical (unpaired) electrons. The van der Waals surface area contributed by atoms with Gasteiger partial charge in [-0.25, -0.2) is 4.79 Å². The lowest BCUT2D eigenvalue weighted by Gasteiger charge is -2.03. The van der Waals surface area contributed by atoms with E-state index < -0.39 is 0 Å². The van der Waals surface area contributed by atoms with Crippen molar-refractivity contribution in [3.8, 4) is 16.9 Å². The Morgan fingerprint density at radius 2 is 1.78 bits per heavy atom. The molecule has 0 unspecified atom stereocenters. The number of aromatic hydroxyl groups is 1. The number of phenolic OH excluding ortho intramolecular Hbond substituents is 1. The summed E-state index contributed by atoms with van der Waals surface area (Å²) in [6.45, 7) is 0. The summed E-state index contributed by atoms with van der Waals surface area (Å²) in [6.07, 6.45) is 0.740. The van der Waals surface area contributed by atoms with Crippen molar-refractivity contribution in [2.24, 2.45) is 0 Å². The minimum absolute atomic E-state index is 0.273. The van der Waals surface area contributed by atoms with Gasteiger partial charge in [0, 0.05) is 0 Å². The third-order valence-electron chi connectivity index (χ3n) is 3.29. The molecular formula is C15H12O3. The minimum atomic E-state index is -0.323. The van der Waals surface area contributed by atoms with E-state index >= 15 is 0 Å². The lowest BCUT2D eigenvalue weighted by Crippen LogP contribution is -2.01. The molecule has 0 atom stereocenters. The van der Waals surface area contributed by atoms with Crippen molar-refractivity contribution < 1.29 is 14.6 Å². The van der Waals surface area contributed by atoms with Crippen LogP contribution in [0.1, 0.15) is 21.5 Å². The summed E-state index contributed by atoms with van der Waals surface area (Å²) < 4.78 is 4.71. The molecule has 0 spiro atoms. The van der Waals surface area contributed by atoms with Gasteiger partial charge >= 0.3 is 5.97 Å². The van der Waals surface area contributed by atoms with Crippen molar-refractivity contribution in [2.45, 2.75) is 6.42 Å². The first kappa shape index (κ1) is 10.8. The predicted octanol–water partition coefficient (Wildman–Crippen LogP) is 2.75. The topological polar surface area (TPSA) is 46.5 Å². The first-order chi connectivity index (χ1) is 8.69. The van der Waals surface area contributed by atoms with Gasteiger partial charge in [0.05, 0.1) is 12.7 Å². The molecule has 0 aromatic heterocycles. The van der Waals surface area contributed by atoms with Crippen LogP contribution in [0.15, 0.2) is 36.4 Å². The summed E-state index contributed by atoms with van der Waals surface area (Å²) in [6, 6.07) is 10.9. The van der Waals surface area contributed by atoms with Crippen molar-refractivity contribution in [3.05, 3.63) is 53.1 Å². The highest BCUT2D eigenvalue weighted by Gasteiger charge is 2.20. The first-order valence-electron chi connectivity index (χ1n) is 5.72. The first-order valence-corrected chi connectivity index (χ1v) is 5.72. The van der Waals surface area contributed by atoms with E-state index in [1.165, 1.54) is 7.11 Å². The van der Waals surface area contributed by atoms with Gasteiger partial charge < -0.3 is 9.84 Å². The van der Waals surface area contributed by atoms with Crippen molar-refractivity contribution in [1.29, 1.82) is 0 Å². The molecule has 18 heavy (non-hydrogen) atoms. The quantitative estimate of drug-likeness (QED) is 0.665. The molecule has 0 heterocycles. The highest BCUT2D eigenvalue weighted by Crippen LogP contribution is 2.38. The Hall–Kier alpha value is -2.29. The fraction of sp³-hybridized carbons (Fsp3) is 0.133. The van der Waals surface area contributed by atoms with E-state index in [1.807, 2.05) is 18.2 Å². The largest absolute Gasteiger partial charge is 0.508 e. The summed E-state index contributed by atoms with van der Waals surface area (Å²) in [4.78, 5) is 11.5. The highest BCUT2D eigenvalue weighted by atomic mass is 16.5. The molecule has 90 valence electrons. The van der Waals surface area contributed by atoms with Gasteiger partial charge in [-0.15, -0.1) is 0 Å². The molecule has 0 bridgehead atoms. The summed E-state index contributed by atoms with van der Waals surface area (Å²) in [7, 11) is 1.38. The Labute approximate surface area is 105 Å². The van der Waals surface area contributed by atoms with Gasteiger partial charge in [-0.05, 0) is 52.9 Å². The smallest absolute Gasteiger partial charge is 0.337 e. The van der Waals surface area contributed by atoms with Crippen LogP contribution >= 0.6 is 0 Å². The second-order valence-electron chi connectivity index (χ2n) is 4.38. The number of carbonyl (C=O) groups is 1. The van der Waals surface area contributed by atoms with Gasteiger partial charge in [0.1, 0.15) is 5.75 Å². The van der Waals surface area contributed by atoms with E-state index in [0.29, 0.717) is 5.56 Å². The number of rotatable bonds is 1. The molecule has 3 rings (SSSR count). The zero-order chi connectivity index (χ0) is 12.7. The van der Waals surface area contributed by atoms with E-state index in [-0.39, 0.29) is 11.7 Å². The van der Waals surface area contributed by atoms with Crippen molar-refractivity contribution in [2.75, 3.05) is 7.11 Å². The van der Waals surface area contributed by atoms with E-state index in [1.54, 1.807) is 18.2 Å². The van der Waals surface area contributed by atoms with Gasteiger partial charge in [-0.1, -0.05) is 12.1 Å². The van der Waals surface area contributed by atoms with Crippen LogP contribution in [-0.2, 0) is 11.2 Å². The number of carbonyl (C=O) groups excluding carboxylic acids is 1. The molecule has 0 fully saturated rings. The predicted molar refractivity (Wildman–Crippen MR) is 67.7 cm³/mol. The molecule has 0 saturated heterocycles. The van der Waals surface area contributed by atoms with E-state index in [0.717, 1.165) is 28.7 Å². The third kappa shape index (κ3) is 1.56. The van der Waals surface area contributed by atoms with Crippen molar-refractivity contribution in [3.63, 3.8) is 0 Å². The number of hydrogen-bond donors (Lipinski definition) is 1. The average molecular weight is 240 g/mol. The summed E-state index contributed by atoms with van der Waals surface area (Å²) in [5.41, 5.74) is 5.00. The fourth-order valence-corrected chi connectivity index (χ4v) is 2.44. The third-order valence-corrected chi connectivity index (χ3v) is 3.29. The monoisotopic (exact) mass is 240 g/mol. The SMILES string of the molecule is COC(=O)c1ccc2c(c1)Cc1cc(O)ccc1-2. The number of benzene rings is 2. The molecule has 0 saturated carbocycles. The maximum absolute atomic E-state index is 11.5. The molecule has 1 N–H and O–H groups in total. The van der Waals surface area contributed by atoms with Crippen LogP contribution in [0.25, 0.3) is 11.1 Å². The zero-order valence-corrected chi connectivity index (χ0v) is 9.93. The van der Waals surface area contributed by atoms with Crippen LogP contribution < -0.4 is 0 Å².